The molecule has 21 heavy (non-hydrogen) atoms. The molecule has 0 amide bonds. The summed E-state index contributed by atoms with van der Waals surface area (Å²) >= 11 is 0. The number of benzene rings is 1. The molecule has 0 saturated carbocycles. The van der Waals surface area contributed by atoms with E-state index in [0.29, 0.717) is 17.9 Å². The molecule has 1 atom stereocenters. The minimum absolute atomic E-state index is 0.0158. The second-order valence-corrected chi connectivity index (χ2v) is 5.14. The van der Waals surface area contributed by atoms with Crippen LogP contribution in [0.15, 0.2) is 34.7 Å². The molecule has 1 aromatic heterocycles. The van der Waals surface area contributed by atoms with Gasteiger partial charge < -0.3 is 14.8 Å². The molecule has 0 saturated heterocycles. The molecule has 0 spiro atoms. The van der Waals surface area contributed by atoms with Crippen molar-refractivity contribution in [2.75, 3.05) is 0 Å². The summed E-state index contributed by atoms with van der Waals surface area (Å²) in [6, 6.07) is 8.28. The van der Waals surface area contributed by atoms with Gasteiger partial charge in [0.2, 0.25) is 5.76 Å². The van der Waals surface area contributed by atoms with Gasteiger partial charge in [0.1, 0.15) is 11.6 Å². The molecule has 4 nitrogen and oxygen atoms in total. The molecule has 2 aromatic rings. The molecule has 1 aromatic carbocycles. The SMILES string of the molecule is Cc1cc(CNC(C)Cc2ccc(F)cc2)oc1C(=O)O. The fourth-order valence-corrected chi connectivity index (χ4v) is 2.17. The first-order valence-electron chi connectivity index (χ1n) is 6.76. The zero-order valence-electron chi connectivity index (χ0n) is 12.0. The quantitative estimate of drug-likeness (QED) is 0.858. The average Bonchev–Trinajstić information content (AvgIpc) is 2.81. The van der Waals surface area contributed by atoms with Gasteiger partial charge in [-0.3, -0.25) is 0 Å². The first kappa shape index (κ1) is 15.3. The van der Waals surface area contributed by atoms with Gasteiger partial charge in [0.25, 0.3) is 0 Å². The van der Waals surface area contributed by atoms with Crippen LogP contribution >= 0.6 is 0 Å². The standard InChI is InChI=1S/C16H18FNO3/c1-10-7-14(21-15(10)16(19)20)9-18-11(2)8-12-3-5-13(17)6-4-12/h3-7,11,18H,8-9H2,1-2H3,(H,19,20). The van der Waals surface area contributed by atoms with Crippen LogP contribution in [0.4, 0.5) is 4.39 Å². The lowest BCUT2D eigenvalue weighted by Crippen LogP contribution is -2.27. The lowest BCUT2D eigenvalue weighted by Gasteiger charge is -2.12. The first-order chi connectivity index (χ1) is 9.95. The van der Waals surface area contributed by atoms with E-state index >= 15 is 0 Å². The third-order valence-corrected chi connectivity index (χ3v) is 3.24. The van der Waals surface area contributed by atoms with E-state index in [4.69, 9.17) is 9.52 Å². The summed E-state index contributed by atoms with van der Waals surface area (Å²) in [5, 5.41) is 12.2. The predicted octanol–water partition coefficient (Wildman–Crippen LogP) is 3.15. The molecule has 2 N–H and O–H groups in total. The van der Waals surface area contributed by atoms with Crippen LogP contribution in [0.3, 0.4) is 0 Å². The Labute approximate surface area is 122 Å². The number of rotatable bonds is 6. The van der Waals surface area contributed by atoms with Gasteiger partial charge in [0, 0.05) is 11.6 Å². The Balaban J connectivity index is 1.89. The van der Waals surface area contributed by atoms with Crippen LogP contribution in [-0.4, -0.2) is 17.1 Å². The number of furan rings is 1. The van der Waals surface area contributed by atoms with Crippen LogP contribution in [0, 0.1) is 12.7 Å². The molecule has 5 heteroatoms. The molecule has 1 unspecified atom stereocenters. The Kier molecular flexibility index (Phi) is 4.75. The van der Waals surface area contributed by atoms with E-state index in [-0.39, 0.29) is 17.6 Å². The predicted molar refractivity (Wildman–Crippen MR) is 76.8 cm³/mol. The highest BCUT2D eigenvalue weighted by molar-refractivity contribution is 5.86. The topological polar surface area (TPSA) is 62.5 Å². The van der Waals surface area contributed by atoms with Crippen molar-refractivity contribution in [1.29, 1.82) is 0 Å². The third kappa shape index (κ3) is 4.16. The molecule has 0 aliphatic carbocycles. The monoisotopic (exact) mass is 291 g/mol. The van der Waals surface area contributed by atoms with Gasteiger partial charge in [-0.1, -0.05) is 12.1 Å². The zero-order chi connectivity index (χ0) is 15.4. The van der Waals surface area contributed by atoms with E-state index in [9.17, 15) is 9.18 Å². The van der Waals surface area contributed by atoms with Crippen LogP contribution in [-0.2, 0) is 13.0 Å². The highest BCUT2D eigenvalue weighted by Gasteiger charge is 2.14. The van der Waals surface area contributed by atoms with E-state index in [1.54, 1.807) is 25.1 Å². The van der Waals surface area contributed by atoms with E-state index in [1.807, 2.05) is 6.92 Å². The molecule has 0 bridgehead atoms. The van der Waals surface area contributed by atoms with E-state index < -0.39 is 5.97 Å². The smallest absolute Gasteiger partial charge is 0.372 e. The fourth-order valence-electron chi connectivity index (χ4n) is 2.17. The van der Waals surface area contributed by atoms with Crippen LogP contribution in [0.25, 0.3) is 0 Å². The van der Waals surface area contributed by atoms with E-state index in [0.717, 1.165) is 12.0 Å². The number of hydrogen-bond donors (Lipinski definition) is 2. The van der Waals surface area contributed by atoms with Gasteiger partial charge in [-0.15, -0.1) is 0 Å². The fraction of sp³-hybridized carbons (Fsp3) is 0.312. The molecule has 1 heterocycles. The van der Waals surface area contributed by atoms with Crippen molar-refractivity contribution in [2.24, 2.45) is 0 Å². The Morgan fingerprint density at radius 2 is 2.05 bits per heavy atom. The van der Waals surface area contributed by atoms with Gasteiger partial charge >= 0.3 is 5.97 Å². The Morgan fingerprint density at radius 1 is 1.38 bits per heavy atom. The van der Waals surface area contributed by atoms with Crippen LogP contribution in [0.5, 0.6) is 0 Å². The maximum absolute atomic E-state index is 12.8. The second kappa shape index (κ2) is 6.54. The highest BCUT2D eigenvalue weighted by atomic mass is 19.1. The lowest BCUT2D eigenvalue weighted by molar-refractivity contribution is 0.0659. The zero-order valence-corrected chi connectivity index (χ0v) is 12.0. The number of carboxylic acids is 1. The first-order valence-corrected chi connectivity index (χ1v) is 6.76. The molecular formula is C16H18FNO3. The molecular weight excluding hydrogens is 273 g/mol. The molecule has 0 aliphatic rings. The van der Waals surface area contributed by atoms with Gasteiger partial charge in [0.05, 0.1) is 6.54 Å². The number of nitrogens with one attached hydrogen (secondary N) is 1. The van der Waals surface area contributed by atoms with Gasteiger partial charge in [0.15, 0.2) is 0 Å². The molecule has 2 rings (SSSR count). The summed E-state index contributed by atoms with van der Waals surface area (Å²) in [6.07, 6.45) is 0.756. The van der Waals surface area contributed by atoms with Crippen molar-refractivity contribution in [2.45, 2.75) is 32.9 Å². The summed E-state index contributed by atoms with van der Waals surface area (Å²) in [7, 11) is 0. The number of carboxylic acid groups (broad SMARTS) is 1. The minimum Gasteiger partial charge on any atom is -0.475 e. The van der Waals surface area contributed by atoms with Crippen LogP contribution in [0.1, 0.15) is 34.4 Å². The van der Waals surface area contributed by atoms with Crippen molar-refractivity contribution >= 4 is 5.97 Å². The van der Waals surface area contributed by atoms with Crippen molar-refractivity contribution in [3.05, 3.63) is 58.8 Å². The van der Waals surface area contributed by atoms with E-state index in [1.165, 1.54) is 12.1 Å². The minimum atomic E-state index is -1.06. The summed E-state index contributed by atoms with van der Waals surface area (Å²) in [6.45, 7) is 4.17. The summed E-state index contributed by atoms with van der Waals surface area (Å²) in [4.78, 5) is 10.9. The molecule has 0 aliphatic heterocycles. The maximum atomic E-state index is 12.8. The van der Waals surface area contributed by atoms with Gasteiger partial charge in [-0.25, -0.2) is 9.18 Å². The van der Waals surface area contributed by atoms with Crippen molar-refractivity contribution in [3.63, 3.8) is 0 Å². The normalized spacial score (nSPS) is 12.3. The second-order valence-electron chi connectivity index (χ2n) is 5.14. The molecule has 112 valence electrons. The number of aryl methyl sites for hydroxylation is 1. The highest BCUT2D eigenvalue weighted by Crippen LogP contribution is 2.15. The Hall–Kier alpha value is -2.14. The Bertz CT molecular complexity index is 619. The summed E-state index contributed by atoms with van der Waals surface area (Å²) in [5.74, 6) is -0.724. The third-order valence-electron chi connectivity index (χ3n) is 3.24. The van der Waals surface area contributed by atoms with Gasteiger partial charge in [-0.2, -0.15) is 0 Å². The molecule has 0 radical (unpaired) electrons. The summed E-state index contributed by atoms with van der Waals surface area (Å²) in [5.41, 5.74) is 1.66. The largest absolute Gasteiger partial charge is 0.475 e. The number of aromatic carboxylic acids is 1. The number of carbonyl (C=O) groups is 1. The maximum Gasteiger partial charge on any atom is 0.372 e. The van der Waals surface area contributed by atoms with Crippen LogP contribution < -0.4 is 5.32 Å². The molecule has 0 fully saturated rings. The average molecular weight is 291 g/mol. The summed E-state index contributed by atoms with van der Waals surface area (Å²) < 4.78 is 18.1. The van der Waals surface area contributed by atoms with Crippen molar-refractivity contribution in [1.82, 2.24) is 5.32 Å². The van der Waals surface area contributed by atoms with Crippen molar-refractivity contribution in [3.8, 4) is 0 Å². The van der Waals surface area contributed by atoms with Crippen molar-refractivity contribution < 1.29 is 18.7 Å². The van der Waals surface area contributed by atoms with E-state index in [2.05, 4.69) is 5.32 Å². The Morgan fingerprint density at radius 3 is 2.62 bits per heavy atom. The lowest BCUT2D eigenvalue weighted by atomic mass is 10.1. The number of halogens is 1. The number of hydrogen-bond acceptors (Lipinski definition) is 3. The van der Waals surface area contributed by atoms with Gasteiger partial charge in [-0.05, 0) is 44.0 Å². The van der Waals surface area contributed by atoms with Crippen LogP contribution in [0.2, 0.25) is 0 Å².